The molecule has 0 radical (unpaired) electrons. The molecule has 2 atom stereocenters. The van der Waals surface area contributed by atoms with E-state index in [1.807, 2.05) is 17.6 Å². The van der Waals surface area contributed by atoms with Crippen molar-refractivity contribution in [2.75, 3.05) is 13.2 Å². The molecule has 2 N–H and O–H groups in total. The monoisotopic (exact) mass is 383 g/mol. The van der Waals surface area contributed by atoms with Crippen molar-refractivity contribution >= 4 is 16.9 Å². The third-order valence-corrected chi connectivity index (χ3v) is 5.11. The molecule has 0 aliphatic carbocycles. The Hall–Kier alpha value is -2.77. The van der Waals surface area contributed by atoms with E-state index in [2.05, 4.69) is 10.3 Å². The van der Waals surface area contributed by atoms with E-state index in [9.17, 15) is 14.3 Å². The van der Waals surface area contributed by atoms with Crippen LogP contribution in [0.3, 0.4) is 0 Å². The summed E-state index contributed by atoms with van der Waals surface area (Å²) in [6, 6.07) is 7.85. The summed E-state index contributed by atoms with van der Waals surface area (Å²) in [5.41, 5.74) is 3.86. The number of ether oxygens (including phenoxy) is 1. The highest BCUT2D eigenvalue weighted by Gasteiger charge is 2.27. The first kappa shape index (κ1) is 18.6. The zero-order valence-electron chi connectivity index (χ0n) is 15.6. The van der Waals surface area contributed by atoms with Gasteiger partial charge in [-0.3, -0.25) is 9.78 Å². The number of rotatable bonds is 4. The number of aromatic nitrogens is 2. The number of fused-ring (bicyclic) bond motifs is 1. The van der Waals surface area contributed by atoms with Crippen LogP contribution in [0.25, 0.3) is 11.0 Å². The van der Waals surface area contributed by atoms with Gasteiger partial charge in [-0.05, 0) is 42.7 Å². The molecule has 1 amide bonds. The number of hydrogen-bond donors (Lipinski definition) is 2. The van der Waals surface area contributed by atoms with Crippen LogP contribution in [0.5, 0.6) is 0 Å². The van der Waals surface area contributed by atoms with Crippen LogP contribution in [0.1, 0.15) is 27.9 Å². The first-order chi connectivity index (χ1) is 13.5. The SMILES string of the molecule is Cc1ccnc2c(C(=O)NC3CCOC[C@@H]3O)cn(Cc3ccc(F)cc3)c12. The maximum atomic E-state index is 13.2. The van der Waals surface area contributed by atoms with Crippen molar-refractivity contribution < 1.29 is 19.0 Å². The molecule has 28 heavy (non-hydrogen) atoms. The molecule has 2 aromatic heterocycles. The lowest BCUT2D eigenvalue weighted by Crippen LogP contribution is -2.48. The van der Waals surface area contributed by atoms with E-state index in [0.717, 1.165) is 16.6 Å². The van der Waals surface area contributed by atoms with Gasteiger partial charge in [-0.1, -0.05) is 12.1 Å². The van der Waals surface area contributed by atoms with Gasteiger partial charge in [0.25, 0.3) is 5.91 Å². The Morgan fingerprint density at radius 2 is 2.14 bits per heavy atom. The fraction of sp³-hybridized carbons (Fsp3) is 0.333. The van der Waals surface area contributed by atoms with Crippen LogP contribution in [0.4, 0.5) is 4.39 Å². The number of aliphatic hydroxyl groups excluding tert-OH is 1. The van der Waals surface area contributed by atoms with Gasteiger partial charge in [-0.15, -0.1) is 0 Å². The molecule has 0 saturated carbocycles. The van der Waals surface area contributed by atoms with E-state index < -0.39 is 6.10 Å². The topological polar surface area (TPSA) is 76.4 Å². The zero-order valence-corrected chi connectivity index (χ0v) is 15.6. The Balaban J connectivity index is 1.67. The fourth-order valence-corrected chi connectivity index (χ4v) is 3.61. The number of nitrogens with zero attached hydrogens (tertiary/aromatic N) is 2. The smallest absolute Gasteiger partial charge is 0.255 e. The molecular weight excluding hydrogens is 361 g/mol. The second kappa shape index (κ2) is 7.69. The molecule has 6 nitrogen and oxygen atoms in total. The lowest BCUT2D eigenvalue weighted by molar-refractivity contribution is -0.0260. The number of carbonyl (C=O) groups excluding carboxylic acids is 1. The molecule has 1 unspecified atom stereocenters. The Morgan fingerprint density at radius 1 is 1.36 bits per heavy atom. The molecule has 0 bridgehead atoms. The van der Waals surface area contributed by atoms with Crippen molar-refractivity contribution in [1.82, 2.24) is 14.9 Å². The summed E-state index contributed by atoms with van der Waals surface area (Å²) in [5.74, 6) is -0.555. The van der Waals surface area contributed by atoms with Crippen LogP contribution in [0.2, 0.25) is 0 Å². The molecule has 1 aliphatic rings. The second-order valence-corrected chi connectivity index (χ2v) is 7.13. The van der Waals surface area contributed by atoms with Gasteiger partial charge >= 0.3 is 0 Å². The highest BCUT2D eigenvalue weighted by molar-refractivity contribution is 6.06. The molecule has 1 aromatic carbocycles. The summed E-state index contributed by atoms with van der Waals surface area (Å²) >= 11 is 0. The highest BCUT2D eigenvalue weighted by Crippen LogP contribution is 2.24. The Kier molecular flexibility index (Phi) is 5.11. The molecule has 3 heterocycles. The third-order valence-electron chi connectivity index (χ3n) is 5.11. The third kappa shape index (κ3) is 3.63. The molecular formula is C21H22FN3O3. The van der Waals surface area contributed by atoms with Gasteiger partial charge in [-0.25, -0.2) is 4.39 Å². The Morgan fingerprint density at radius 3 is 2.89 bits per heavy atom. The van der Waals surface area contributed by atoms with E-state index >= 15 is 0 Å². The number of aliphatic hydroxyl groups is 1. The quantitative estimate of drug-likeness (QED) is 0.726. The van der Waals surface area contributed by atoms with Gasteiger partial charge in [0.15, 0.2) is 0 Å². The van der Waals surface area contributed by atoms with Gasteiger partial charge in [-0.2, -0.15) is 0 Å². The van der Waals surface area contributed by atoms with Gasteiger partial charge < -0.3 is 19.7 Å². The van der Waals surface area contributed by atoms with Crippen molar-refractivity contribution in [2.24, 2.45) is 0 Å². The summed E-state index contributed by atoms with van der Waals surface area (Å²) in [5, 5.41) is 13.0. The van der Waals surface area contributed by atoms with Crippen LogP contribution >= 0.6 is 0 Å². The van der Waals surface area contributed by atoms with Crippen LogP contribution in [-0.4, -0.2) is 45.9 Å². The number of hydrogen-bond acceptors (Lipinski definition) is 4. The standard InChI is InChI=1S/C21H22FN3O3/c1-13-6-8-23-19-16(21(27)24-17-7-9-28-12-18(17)26)11-25(20(13)19)10-14-2-4-15(22)5-3-14/h2-6,8,11,17-18,26H,7,9-10,12H2,1H3,(H,24,27)/t17?,18-/m0/s1. The van der Waals surface area contributed by atoms with E-state index in [0.29, 0.717) is 30.7 Å². The Bertz CT molecular complexity index is 1000. The van der Waals surface area contributed by atoms with E-state index in [1.54, 1.807) is 24.5 Å². The van der Waals surface area contributed by atoms with Crippen molar-refractivity contribution in [2.45, 2.75) is 32.0 Å². The van der Waals surface area contributed by atoms with Gasteiger partial charge in [0, 0.05) is 25.5 Å². The molecule has 0 spiro atoms. The second-order valence-electron chi connectivity index (χ2n) is 7.13. The average molecular weight is 383 g/mol. The van der Waals surface area contributed by atoms with Crippen LogP contribution in [-0.2, 0) is 11.3 Å². The van der Waals surface area contributed by atoms with Crippen molar-refractivity contribution in [3.63, 3.8) is 0 Å². The largest absolute Gasteiger partial charge is 0.389 e. The molecule has 1 saturated heterocycles. The van der Waals surface area contributed by atoms with Crippen LogP contribution in [0, 0.1) is 12.7 Å². The number of aryl methyl sites for hydroxylation is 1. The maximum absolute atomic E-state index is 13.2. The van der Waals surface area contributed by atoms with Gasteiger partial charge in [0.2, 0.25) is 0 Å². The zero-order chi connectivity index (χ0) is 19.7. The van der Waals surface area contributed by atoms with Crippen LogP contribution < -0.4 is 5.32 Å². The summed E-state index contributed by atoms with van der Waals surface area (Å²) < 4.78 is 20.4. The fourth-order valence-electron chi connectivity index (χ4n) is 3.61. The first-order valence-corrected chi connectivity index (χ1v) is 9.28. The molecule has 3 aromatic rings. The van der Waals surface area contributed by atoms with Gasteiger partial charge in [0.1, 0.15) is 11.3 Å². The van der Waals surface area contributed by atoms with Gasteiger partial charge in [0.05, 0.1) is 29.8 Å². The minimum absolute atomic E-state index is 0.217. The number of nitrogens with one attached hydrogen (secondary N) is 1. The number of benzene rings is 1. The molecule has 146 valence electrons. The van der Waals surface area contributed by atoms with Crippen molar-refractivity contribution in [3.8, 4) is 0 Å². The average Bonchev–Trinajstić information content (AvgIpc) is 3.05. The minimum Gasteiger partial charge on any atom is -0.389 e. The maximum Gasteiger partial charge on any atom is 0.255 e. The first-order valence-electron chi connectivity index (χ1n) is 9.28. The lowest BCUT2D eigenvalue weighted by Gasteiger charge is -2.28. The molecule has 7 heteroatoms. The molecule has 4 rings (SSSR count). The van der Waals surface area contributed by atoms with Crippen molar-refractivity contribution in [1.29, 1.82) is 0 Å². The predicted molar refractivity (Wildman–Crippen MR) is 103 cm³/mol. The summed E-state index contributed by atoms with van der Waals surface area (Å²) in [6.07, 6.45) is 3.29. The highest BCUT2D eigenvalue weighted by atomic mass is 19.1. The number of carbonyl (C=O) groups is 1. The summed E-state index contributed by atoms with van der Waals surface area (Å²) in [4.78, 5) is 17.4. The number of amides is 1. The lowest BCUT2D eigenvalue weighted by atomic mass is 10.1. The number of halogens is 1. The van der Waals surface area contributed by atoms with E-state index in [1.165, 1.54) is 12.1 Å². The van der Waals surface area contributed by atoms with E-state index in [-0.39, 0.29) is 24.4 Å². The van der Waals surface area contributed by atoms with Crippen LogP contribution in [0.15, 0.2) is 42.7 Å². The predicted octanol–water partition coefficient (Wildman–Crippen LogP) is 2.41. The molecule has 1 aliphatic heterocycles. The number of pyridine rings is 1. The van der Waals surface area contributed by atoms with E-state index in [4.69, 9.17) is 4.74 Å². The van der Waals surface area contributed by atoms with Crippen molar-refractivity contribution in [3.05, 3.63) is 65.2 Å². The normalized spacial score (nSPS) is 19.7. The summed E-state index contributed by atoms with van der Waals surface area (Å²) in [6.45, 7) is 3.19. The minimum atomic E-state index is -0.722. The molecule has 1 fully saturated rings. The summed E-state index contributed by atoms with van der Waals surface area (Å²) in [7, 11) is 0. The Labute approximate surface area is 162 Å².